The molecule has 0 saturated carbocycles. The number of ether oxygens (including phenoxy) is 3. The number of esters is 2. The van der Waals surface area contributed by atoms with E-state index in [0.29, 0.717) is 42.2 Å². The predicted octanol–water partition coefficient (Wildman–Crippen LogP) is 4.44. The number of anilines is 1. The number of amides is 1. The predicted molar refractivity (Wildman–Crippen MR) is 119 cm³/mol. The number of rotatable bonds is 11. The molecule has 0 radical (unpaired) electrons. The van der Waals surface area contributed by atoms with E-state index >= 15 is 0 Å². The average molecular weight is 450 g/mol. The summed E-state index contributed by atoms with van der Waals surface area (Å²) >= 11 is 0. The summed E-state index contributed by atoms with van der Waals surface area (Å²) in [7, 11) is 1.50. The van der Waals surface area contributed by atoms with Crippen molar-refractivity contribution in [1.82, 2.24) is 0 Å². The molecule has 176 valence electrons. The molecule has 8 heteroatoms. The van der Waals surface area contributed by atoms with Crippen molar-refractivity contribution in [3.05, 3.63) is 33.9 Å². The van der Waals surface area contributed by atoms with E-state index in [-0.39, 0.29) is 30.2 Å². The van der Waals surface area contributed by atoms with Gasteiger partial charge in [0, 0.05) is 17.5 Å². The summed E-state index contributed by atoms with van der Waals surface area (Å²) in [6, 6.07) is 0. The Morgan fingerprint density at radius 2 is 2.00 bits per heavy atom. The minimum absolute atomic E-state index is 0.0723. The number of carbonyl (C=O) groups excluding carboxylic acids is 3. The van der Waals surface area contributed by atoms with Crippen molar-refractivity contribution in [2.75, 3.05) is 25.7 Å². The van der Waals surface area contributed by atoms with Gasteiger partial charge in [0.25, 0.3) is 5.91 Å². The summed E-state index contributed by atoms with van der Waals surface area (Å²) in [5, 5.41) is 2.50. The molecule has 0 aromatic heterocycles. The van der Waals surface area contributed by atoms with Crippen molar-refractivity contribution in [3.8, 4) is 5.75 Å². The molecule has 0 unspecified atom stereocenters. The van der Waals surface area contributed by atoms with Gasteiger partial charge < -0.3 is 19.5 Å². The van der Waals surface area contributed by atoms with Crippen LogP contribution >= 0.6 is 0 Å². The van der Waals surface area contributed by atoms with Crippen LogP contribution in [0.4, 0.5) is 10.1 Å². The Morgan fingerprint density at radius 3 is 2.62 bits per heavy atom. The number of hydrogen-bond donors (Lipinski definition) is 1. The molecular formula is C24H32FNO6. The minimum atomic E-state index is -1.22. The van der Waals surface area contributed by atoms with Gasteiger partial charge in [-0.3, -0.25) is 9.59 Å². The number of methoxy groups -OCH3 is 1. The van der Waals surface area contributed by atoms with Crippen molar-refractivity contribution in [2.45, 2.75) is 60.0 Å². The van der Waals surface area contributed by atoms with E-state index in [1.54, 1.807) is 0 Å². The summed E-state index contributed by atoms with van der Waals surface area (Å²) in [4.78, 5) is 36.1. The third-order valence-electron chi connectivity index (χ3n) is 5.40. The number of halogens is 1. The number of allylic oxidation sites excluding steroid dienone is 2. The van der Waals surface area contributed by atoms with Gasteiger partial charge in [-0.2, -0.15) is 0 Å². The van der Waals surface area contributed by atoms with Gasteiger partial charge in [0.1, 0.15) is 12.4 Å². The molecule has 0 fully saturated rings. The Hall–Kier alpha value is -2.90. The maximum atomic E-state index is 12.9. The number of fused-ring (bicyclic) bond motifs is 1. The molecule has 0 atom stereocenters. The average Bonchev–Trinajstić information content (AvgIpc) is 3.14. The van der Waals surface area contributed by atoms with Crippen molar-refractivity contribution < 1.29 is 33.0 Å². The van der Waals surface area contributed by atoms with Gasteiger partial charge in [0.15, 0.2) is 6.67 Å². The molecule has 1 aliphatic rings. The van der Waals surface area contributed by atoms with Crippen LogP contribution in [0.25, 0.3) is 0 Å². The highest BCUT2D eigenvalue weighted by Crippen LogP contribution is 2.41. The minimum Gasteiger partial charge on any atom is -0.496 e. The van der Waals surface area contributed by atoms with E-state index < -0.39 is 18.6 Å². The SMILES string of the molecule is COc1c(C)c2c(c(NC(=O)CF)c1C/C=C(\C)CCC(=O)OCCC(C)C)C(=O)OC2. The van der Waals surface area contributed by atoms with Crippen LogP contribution in [0.15, 0.2) is 11.6 Å². The number of alkyl halides is 1. The molecule has 0 bridgehead atoms. The Bertz CT molecular complexity index is 906. The molecule has 1 aromatic carbocycles. The van der Waals surface area contributed by atoms with Gasteiger partial charge in [0.2, 0.25) is 0 Å². The highest BCUT2D eigenvalue weighted by atomic mass is 19.1. The summed E-state index contributed by atoms with van der Waals surface area (Å²) in [6.07, 6.45) is 3.82. The second kappa shape index (κ2) is 11.6. The zero-order chi connectivity index (χ0) is 23.8. The molecule has 1 heterocycles. The van der Waals surface area contributed by atoms with E-state index in [1.807, 2.05) is 19.9 Å². The quantitative estimate of drug-likeness (QED) is 0.397. The lowest BCUT2D eigenvalue weighted by Gasteiger charge is -2.19. The van der Waals surface area contributed by atoms with Crippen LogP contribution < -0.4 is 10.1 Å². The second-order valence-corrected chi connectivity index (χ2v) is 8.28. The van der Waals surface area contributed by atoms with Crippen molar-refractivity contribution in [2.24, 2.45) is 5.92 Å². The Labute approximate surface area is 188 Å². The molecule has 7 nitrogen and oxygen atoms in total. The number of hydrogen-bond acceptors (Lipinski definition) is 6. The van der Waals surface area contributed by atoms with Crippen molar-refractivity contribution in [3.63, 3.8) is 0 Å². The number of benzene rings is 1. The number of nitrogens with one attached hydrogen (secondary N) is 1. The Balaban J connectivity index is 2.23. The van der Waals surface area contributed by atoms with Gasteiger partial charge in [-0.05, 0) is 44.6 Å². The van der Waals surface area contributed by atoms with Gasteiger partial charge in [-0.1, -0.05) is 25.5 Å². The van der Waals surface area contributed by atoms with Crippen LogP contribution in [-0.2, 0) is 32.1 Å². The first-order valence-electron chi connectivity index (χ1n) is 10.8. The first kappa shape index (κ1) is 25.4. The fourth-order valence-electron chi connectivity index (χ4n) is 3.52. The first-order chi connectivity index (χ1) is 15.2. The van der Waals surface area contributed by atoms with Crippen LogP contribution in [0.2, 0.25) is 0 Å². The first-order valence-corrected chi connectivity index (χ1v) is 10.8. The number of carbonyl (C=O) groups is 3. The fourth-order valence-corrected chi connectivity index (χ4v) is 3.52. The van der Waals surface area contributed by atoms with Crippen LogP contribution in [0, 0.1) is 12.8 Å². The standard InChI is InChI=1S/C24H32FNO6/c1-14(2)10-11-31-20(28)9-7-15(3)6-8-17-22(26-19(27)12-25)21-18(13-32-24(21)29)16(4)23(17)30-5/h6,14H,7-13H2,1-5H3,(H,26,27)/b15-6+. The third-order valence-corrected chi connectivity index (χ3v) is 5.40. The summed E-state index contributed by atoms with van der Waals surface area (Å²) in [5.74, 6) is -0.689. The molecule has 0 spiro atoms. The highest BCUT2D eigenvalue weighted by Gasteiger charge is 2.32. The summed E-state index contributed by atoms with van der Waals surface area (Å²) in [6.45, 7) is 7.11. The molecule has 0 saturated heterocycles. The lowest BCUT2D eigenvalue weighted by Crippen LogP contribution is -2.18. The maximum absolute atomic E-state index is 12.9. The fraction of sp³-hybridized carbons (Fsp3) is 0.542. The maximum Gasteiger partial charge on any atom is 0.341 e. The largest absolute Gasteiger partial charge is 0.496 e. The summed E-state index contributed by atoms with van der Waals surface area (Å²) in [5.41, 5.74) is 3.31. The molecular weight excluding hydrogens is 417 g/mol. The Morgan fingerprint density at radius 1 is 1.28 bits per heavy atom. The lowest BCUT2D eigenvalue weighted by molar-refractivity contribution is -0.143. The smallest absolute Gasteiger partial charge is 0.341 e. The van der Waals surface area contributed by atoms with Crippen LogP contribution in [0.3, 0.4) is 0 Å². The van der Waals surface area contributed by atoms with Gasteiger partial charge in [0.05, 0.1) is 25.0 Å². The topological polar surface area (TPSA) is 90.9 Å². The zero-order valence-electron chi connectivity index (χ0n) is 19.4. The van der Waals surface area contributed by atoms with Crippen molar-refractivity contribution in [1.29, 1.82) is 0 Å². The van der Waals surface area contributed by atoms with E-state index in [9.17, 15) is 18.8 Å². The highest BCUT2D eigenvalue weighted by molar-refractivity contribution is 6.06. The zero-order valence-corrected chi connectivity index (χ0v) is 19.4. The monoisotopic (exact) mass is 449 g/mol. The van der Waals surface area contributed by atoms with Gasteiger partial charge in [-0.15, -0.1) is 0 Å². The van der Waals surface area contributed by atoms with E-state index in [2.05, 4.69) is 19.2 Å². The molecule has 1 amide bonds. The Kier molecular flexibility index (Phi) is 9.23. The van der Waals surface area contributed by atoms with Gasteiger partial charge in [-0.25, -0.2) is 9.18 Å². The van der Waals surface area contributed by atoms with Gasteiger partial charge >= 0.3 is 11.9 Å². The van der Waals surface area contributed by atoms with Crippen LogP contribution in [0.5, 0.6) is 5.75 Å². The van der Waals surface area contributed by atoms with E-state index in [4.69, 9.17) is 14.2 Å². The second-order valence-electron chi connectivity index (χ2n) is 8.28. The molecule has 1 aromatic rings. The molecule has 2 rings (SSSR count). The van der Waals surface area contributed by atoms with E-state index in [0.717, 1.165) is 17.6 Å². The molecule has 1 N–H and O–H groups in total. The van der Waals surface area contributed by atoms with E-state index in [1.165, 1.54) is 7.11 Å². The summed E-state index contributed by atoms with van der Waals surface area (Å²) < 4.78 is 28.9. The normalized spacial score (nSPS) is 13.1. The lowest BCUT2D eigenvalue weighted by atomic mass is 9.93. The molecule has 1 aliphatic heterocycles. The molecule has 0 aliphatic carbocycles. The third kappa shape index (κ3) is 6.31. The molecule has 32 heavy (non-hydrogen) atoms. The number of cyclic esters (lactones) is 1. The van der Waals surface area contributed by atoms with Crippen LogP contribution in [-0.4, -0.2) is 38.2 Å². The van der Waals surface area contributed by atoms with Crippen LogP contribution in [0.1, 0.15) is 67.1 Å². The van der Waals surface area contributed by atoms with Crippen molar-refractivity contribution >= 4 is 23.5 Å².